The van der Waals surface area contributed by atoms with Crippen molar-refractivity contribution in [2.45, 2.75) is 40.0 Å². The van der Waals surface area contributed by atoms with Crippen molar-refractivity contribution in [3.63, 3.8) is 0 Å². The van der Waals surface area contributed by atoms with E-state index in [0.29, 0.717) is 30.4 Å². The topological polar surface area (TPSA) is 79.9 Å². The van der Waals surface area contributed by atoms with Crippen molar-refractivity contribution < 1.29 is 19.1 Å². The number of nitrogens with zero attached hydrogens (tertiary/aromatic N) is 1. The second-order valence-electron chi connectivity index (χ2n) is 7.60. The highest BCUT2D eigenvalue weighted by Crippen LogP contribution is 2.30. The van der Waals surface area contributed by atoms with Gasteiger partial charge in [-0.3, -0.25) is 14.5 Å². The number of carbonyl (C=O) groups is 2. The third-order valence-electron chi connectivity index (χ3n) is 4.71. The van der Waals surface area contributed by atoms with Crippen LogP contribution in [0.5, 0.6) is 11.5 Å². The molecule has 0 aliphatic heterocycles. The highest BCUT2D eigenvalue weighted by atomic mass is 16.5. The van der Waals surface area contributed by atoms with Gasteiger partial charge >= 0.3 is 0 Å². The molecule has 0 bridgehead atoms. The van der Waals surface area contributed by atoms with Gasteiger partial charge in [0.25, 0.3) is 0 Å². The number of amides is 2. The first kappa shape index (κ1) is 25.2. The van der Waals surface area contributed by atoms with Gasteiger partial charge in [0, 0.05) is 17.4 Å². The highest BCUT2D eigenvalue weighted by molar-refractivity contribution is 5.94. The van der Waals surface area contributed by atoms with Crippen molar-refractivity contribution >= 4 is 23.2 Å². The molecule has 0 heterocycles. The summed E-state index contributed by atoms with van der Waals surface area (Å²) in [6.07, 6.45) is 3.36. The molecule has 0 fully saturated rings. The lowest BCUT2D eigenvalue weighted by atomic mass is 10.1. The van der Waals surface area contributed by atoms with Crippen LogP contribution in [0.25, 0.3) is 0 Å². The lowest BCUT2D eigenvalue weighted by Crippen LogP contribution is -2.36. The smallest absolute Gasteiger partial charge is 0.238 e. The number of hydrogen-bond donors (Lipinski definition) is 2. The minimum atomic E-state index is -0.216. The van der Waals surface area contributed by atoms with Gasteiger partial charge in [0.1, 0.15) is 0 Å². The van der Waals surface area contributed by atoms with Gasteiger partial charge in [-0.15, -0.1) is 0 Å². The molecule has 0 atom stereocenters. The lowest BCUT2D eigenvalue weighted by Gasteiger charge is -2.17. The second-order valence-corrected chi connectivity index (χ2v) is 7.60. The van der Waals surface area contributed by atoms with Gasteiger partial charge < -0.3 is 20.1 Å². The zero-order chi connectivity index (χ0) is 23.3. The van der Waals surface area contributed by atoms with E-state index in [1.807, 2.05) is 38.1 Å². The van der Waals surface area contributed by atoms with Crippen molar-refractivity contribution in [3.05, 3.63) is 48.0 Å². The Morgan fingerprint density at radius 3 is 1.97 bits per heavy atom. The highest BCUT2D eigenvalue weighted by Gasteiger charge is 2.13. The van der Waals surface area contributed by atoms with Gasteiger partial charge in [0.05, 0.1) is 26.3 Å². The molecule has 7 nitrogen and oxygen atoms in total. The summed E-state index contributed by atoms with van der Waals surface area (Å²) in [5, 5.41) is 5.71. The second kappa shape index (κ2) is 13.4. The Morgan fingerprint density at radius 1 is 0.812 bits per heavy atom. The van der Waals surface area contributed by atoms with E-state index in [9.17, 15) is 9.59 Å². The van der Waals surface area contributed by atoms with E-state index in [4.69, 9.17) is 9.47 Å². The maximum atomic E-state index is 12.4. The van der Waals surface area contributed by atoms with E-state index < -0.39 is 0 Å². The van der Waals surface area contributed by atoms with Crippen LogP contribution in [0.2, 0.25) is 0 Å². The van der Waals surface area contributed by atoms with Crippen molar-refractivity contribution in [1.29, 1.82) is 0 Å². The summed E-state index contributed by atoms with van der Waals surface area (Å²) in [5.74, 6) is 0.841. The molecule has 32 heavy (non-hydrogen) atoms. The molecule has 0 aliphatic carbocycles. The third-order valence-corrected chi connectivity index (χ3v) is 4.71. The van der Waals surface area contributed by atoms with Crippen LogP contribution < -0.4 is 20.1 Å². The predicted octanol–water partition coefficient (Wildman–Crippen LogP) is 4.34. The molecule has 0 aliphatic rings. The number of nitrogens with one attached hydrogen (secondary N) is 2. The molecular formula is C25H35N3O4. The summed E-state index contributed by atoms with van der Waals surface area (Å²) in [7, 11) is 1.73. The van der Waals surface area contributed by atoms with Gasteiger partial charge in [-0.1, -0.05) is 25.5 Å². The fraction of sp³-hybridized carbons (Fsp3) is 0.440. The van der Waals surface area contributed by atoms with E-state index >= 15 is 0 Å². The summed E-state index contributed by atoms with van der Waals surface area (Å²) in [4.78, 5) is 26.4. The largest absolute Gasteiger partial charge is 0.490 e. The fourth-order valence-corrected chi connectivity index (χ4v) is 3.21. The van der Waals surface area contributed by atoms with Gasteiger partial charge in [-0.25, -0.2) is 0 Å². The summed E-state index contributed by atoms with van der Waals surface area (Å²) < 4.78 is 11.1. The summed E-state index contributed by atoms with van der Waals surface area (Å²) >= 11 is 0. The Kier molecular flexibility index (Phi) is 10.5. The fourth-order valence-electron chi connectivity index (χ4n) is 3.21. The molecule has 0 saturated carbocycles. The van der Waals surface area contributed by atoms with Crippen LogP contribution in [0.4, 0.5) is 11.4 Å². The Balaban J connectivity index is 1.83. The summed E-state index contributed by atoms with van der Waals surface area (Å²) in [6, 6.07) is 13.2. The minimum Gasteiger partial charge on any atom is -0.490 e. The van der Waals surface area contributed by atoms with Crippen LogP contribution in [0, 0.1) is 0 Å². The van der Waals surface area contributed by atoms with E-state index in [1.54, 1.807) is 30.1 Å². The molecule has 2 N–H and O–H groups in total. The zero-order valence-corrected chi connectivity index (χ0v) is 19.6. The number of rotatable bonds is 13. The molecule has 7 heteroatoms. The first-order chi connectivity index (χ1) is 15.4. The number of hydrogen-bond acceptors (Lipinski definition) is 5. The molecule has 174 valence electrons. The summed E-state index contributed by atoms with van der Waals surface area (Å²) in [5.41, 5.74) is 2.63. The van der Waals surface area contributed by atoms with Crippen LogP contribution >= 0.6 is 0 Å². The van der Waals surface area contributed by atoms with Crippen LogP contribution in [0.3, 0.4) is 0 Å². The average Bonchev–Trinajstić information content (AvgIpc) is 2.75. The zero-order valence-electron chi connectivity index (χ0n) is 19.6. The number of ether oxygens (including phenoxy) is 2. The normalized spacial score (nSPS) is 10.7. The number of likely N-dealkylation sites (N-methyl/N-ethyl adjacent to an activating group) is 1. The number of carbonyl (C=O) groups excluding carboxylic acids is 2. The van der Waals surface area contributed by atoms with E-state index in [-0.39, 0.29) is 24.9 Å². The number of anilines is 2. The summed E-state index contributed by atoms with van der Waals surface area (Å²) in [6.45, 7) is 7.18. The van der Waals surface area contributed by atoms with Crippen LogP contribution in [-0.2, 0) is 16.0 Å². The quantitative estimate of drug-likeness (QED) is 0.483. The lowest BCUT2D eigenvalue weighted by molar-refractivity contribution is -0.119. The van der Waals surface area contributed by atoms with Crippen molar-refractivity contribution in [2.75, 3.05) is 44.0 Å². The Hall–Kier alpha value is -3.06. The number of benzene rings is 2. The monoisotopic (exact) mass is 441 g/mol. The molecule has 2 amide bonds. The minimum absolute atomic E-state index is 0.0839. The van der Waals surface area contributed by atoms with Crippen LogP contribution in [0.15, 0.2) is 42.5 Å². The molecule has 2 rings (SSSR count). The first-order valence-corrected chi connectivity index (χ1v) is 11.2. The number of unbranched alkanes of at least 4 members (excludes halogenated alkanes) is 1. The maximum absolute atomic E-state index is 12.4. The van der Waals surface area contributed by atoms with Crippen molar-refractivity contribution in [2.24, 2.45) is 0 Å². The van der Waals surface area contributed by atoms with Crippen molar-refractivity contribution in [1.82, 2.24) is 4.90 Å². The van der Waals surface area contributed by atoms with E-state index in [2.05, 4.69) is 17.6 Å². The van der Waals surface area contributed by atoms with Gasteiger partial charge in [0.15, 0.2) is 11.5 Å². The molecule has 0 saturated heterocycles. The Morgan fingerprint density at radius 2 is 1.38 bits per heavy atom. The van der Waals surface area contributed by atoms with E-state index in [0.717, 1.165) is 24.9 Å². The maximum Gasteiger partial charge on any atom is 0.238 e. The van der Waals surface area contributed by atoms with Gasteiger partial charge in [0.2, 0.25) is 11.8 Å². The molecular weight excluding hydrogens is 406 g/mol. The standard InChI is InChI=1S/C25H35N3O4/c1-5-8-9-19-10-12-20(13-11-19)26-24(29)17-28(4)18-25(30)27-21-14-15-22(31-6-2)23(16-21)32-7-3/h10-16H,5-9,17-18H2,1-4H3,(H,26,29)(H,27,30). The first-order valence-electron chi connectivity index (χ1n) is 11.2. The van der Waals surface area contributed by atoms with E-state index in [1.165, 1.54) is 5.56 Å². The Bertz CT molecular complexity index is 868. The molecule has 0 spiro atoms. The van der Waals surface area contributed by atoms with Crippen LogP contribution in [-0.4, -0.2) is 50.1 Å². The van der Waals surface area contributed by atoms with Gasteiger partial charge in [-0.05, 0) is 63.6 Å². The third kappa shape index (κ3) is 8.59. The molecule has 0 unspecified atom stereocenters. The SMILES string of the molecule is CCCCc1ccc(NC(=O)CN(C)CC(=O)Nc2ccc(OCC)c(OCC)c2)cc1. The van der Waals surface area contributed by atoms with Crippen LogP contribution in [0.1, 0.15) is 39.2 Å². The Labute approximate surface area is 191 Å². The van der Waals surface area contributed by atoms with Gasteiger partial charge in [-0.2, -0.15) is 0 Å². The predicted molar refractivity (Wildman–Crippen MR) is 129 cm³/mol. The molecule has 2 aromatic carbocycles. The average molecular weight is 442 g/mol. The van der Waals surface area contributed by atoms with Crippen molar-refractivity contribution in [3.8, 4) is 11.5 Å². The number of aryl methyl sites for hydroxylation is 1. The molecule has 2 aromatic rings. The molecule has 0 aromatic heterocycles. The molecule has 0 radical (unpaired) electrons.